The third kappa shape index (κ3) is 5.09. The van der Waals surface area contributed by atoms with E-state index in [-0.39, 0.29) is 18.9 Å². The van der Waals surface area contributed by atoms with Crippen molar-refractivity contribution in [3.63, 3.8) is 0 Å². The fourth-order valence-corrected chi connectivity index (χ4v) is 3.71. The number of tetrazole rings is 1. The number of aromatic amines is 1. The fourth-order valence-electron chi connectivity index (χ4n) is 3.71. The molecule has 33 heavy (non-hydrogen) atoms. The number of amides is 1. The van der Waals surface area contributed by atoms with Crippen LogP contribution >= 0.6 is 0 Å². The third-order valence-electron chi connectivity index (χ3n) is 5.70. The molecule has 1 amide bonds. The molecule has 3 rings (SSSR count). The summed E-state index contributed by atoms with van der Waals surface area (Å²) in [5.74, 6) is -2.04. The van der Waals surface area contributed by atoms with Crippen molar-refractivity contribution in [3.8, 4) is 22.5 Å². The van der Waals surface area contributed by atoms with Crippen molar-refractivity contribution in [1.29, 1.82) is 0 Å². The van der Waals surface area contributed by atoms with Crippen molar-refractivity contribution < 1.29 is 19.8 Å². The van der Waals surface area contributed by atoms with Crippen LogP contribution in [0.25, 0.3) is 22.5 Å². The van der Waals surface area contributed by atoms with Crippen LogP contribution in [0.4, 0.5) is 0 Å². The molecule has 2 aromatic carbocycles. The van der Waals surface area contributed by atoms with Crippen LogP contribution in [0, 0.1) is 5.92 Å². The smallest absolute Gasteiger partial charge is 0.357 e. The van der Waals surface area contributed by atoms with Crippen molar-refractivity contribution in [2.45, 2.75) is 52.3 Å². The number of nitrogens with one attached hydrogen (secondary N) is 1. The van der Waals surface area contributed by atoms with Crippen LogP contribution < -0.4 is 0 Å². The Bertz CT molecular complexity index is 1080. The van der Waals surface area contributed by atoms with Crippen LogP contribution in [0.15, 0.2) is 48.5 Å². The van der Waals surface area contributed by atoms with E-state index in [2.05, 4.69) is 20.6 Å². The van der Waals surface area contributed by atoms with Crippen LogP contribution in [0.1, 0.15) is 45.6 Å². The van der Waals surface area contributed by atoms with Gasteiger partial charge in [0.1, 0.15) is 0 Å². The van der Waals surface area contributed by atoms with Gasteiger partial charge in [-0.15, -0.1) is 10.2 Å². The number of carboxylic acids is 1. The number of carbonyl (C=O) groups is 2. The Morgan fingerprint density at radius 3 is 2.30 bits per heavy atom. The summed E-state index contributed by atoms with van der Waals surface area (Å²) in [6, 6.07) is 15.1. The predicted octanol–water partition coefficient (Wildman–Crippen LogP) is 3.48. The normalized spacial score (nSPS) is 13.0. The summed E-state index contributed by atoms with van der Waals surface area (Å²) < 4.78 is 0. The minimum Gasteiger partial charge on any atom is -0.478 e. The van der Waals surface area contributed by atoms with Gasteiger partial charge in [-0.3, -0.25) is 4.79 Å². The Balaban J connectivity index is 1.92. The number of hydrogen-bond donors (Lipinski definition) is 3. The average Bonchev–Trinajstić information content (AvgIpc) is 3.35. The lowest BCUT2D eigenvalue weighted by Gasteiger charge is -2.39. The van der Waals surface area contributed by atoms with E-state index in [0.29, 0.717) is 17.8 Å². The molecular formula is C24H29N5O4. The van der Waals surface area contributed by atoms with E-state index in [9.17, 15) is 19.8 Å². The van der Waals surface area contributed by atoms with Gasteiger partial charge in [-0.1, -0.05) is 75.7 Å². The molecule has 0 radical (unpaired) electrons. The Morgan fingerprint density at radius 1 is 1.09 bits per heavy atom. The van der Waals surface area contributed by atoms with Gasteiger partial charge in [0.2, 0.25) is 17.5 Å². The number of aliphatic carboxylic acids is 1. The highest BCUT2D eigenvalue weighted by Gasteiger charge is 2.47. The monoisotopic (exact) mass is 451 g/mol. The molecule has 1 atom stereocenters. The largest absolute Gasteiger partial charge is 0.478 e. The molecule has 0 saturated heterocycles. The minimum absolute atomic E-state index is 0.0176. The fraction of sp³-hybridized carbons (Fsp3) is 0.375. The second-order valence-corrected chi connectivity index (χ2v) is 8.25. The Kier molecular flexibility index (Phi) is 7.55. The molecule has 9 nitrogen and oxygen atoms in total. The zero-order valence-electron chi connectivity index (χ0n) is 19.0. The molecule has 0 spiro atoms. The Morgan fingerprint density at radius 2 is 1.76 bits per heavy atom. The van der Waals surface area contributed by atoms with Gasteiger partial charge in [0, 0.05) is 24.4 Å². The maximum absolute atomic E-state index is 12.9. The lowest BCUT2D eigenvalue weighted by Crippen LogP contribution is -2.60. The first-order chi connectivity index (χ1) is 15.8. The first-order valence-corrected chi connectivity index (χ1v) is 11.0. The average molecular weight is 452 g/mol. The van der Waals surface area contributed by atoms with Gasteiger partial charge in [-0.2, -0.15) is 5.21 Å². The number of carbonyl (C=O) groups excluding carboxylic acids is 1. The molecule has 1 aromatic heterocycles. The lowest BCUT2D eigenvalue weighted by atomic mass is 9.95. The number of nitrogens with zero attached hydrogens (tertiary/aromatic N) is 4. The third-order valence-corrected chi connectivity index (χ3v) is 5.70. The van der Waals surface area contributed by atoms with Crippen molar-refractivity contribution in [3.05, 3.63) is 54.1 Å². The Labute approximate surface area is 192 Å². The molecule has 0 bridgehead atoms. The van der Waals surface area contributed by atoms with E-state index in [1.165, 1.54) is 0 Å². The van der Waals surface area contributed by atoms with Gasteiger partial charge < -0.3 is 15.1 Å². The molecule has 0 unspecified atom stereocenters. The first kappa shape index (κ1) is 24.1. The molecule has 174 valence electrons. The molecule has 3 N–H and O–H groups in total. The van der Waals surface area contributed by atoms with Crippen molar-refractivity contribution >= 4 is 11.9 Å². The topological polar surface area (TPSA) is 132 Å². The maximum Gasteiger partial charge on any atom is 0.357 e. The molecule has 0 saturated carbocycles. The highest BCUT2D eigenvalue weighted by molar-refractivity contribution is 5.86. The number of aromatic nitrogens is 4. The van der Waals surface area contributed by atoms with Gasteiger partial charge in [0.25, 0.3) is 0 Å². The molecule has 0 aliphatic heterocycles. The second-order valence-electron chi connectivity index (χ2n) is 8.25. The van der Waals surface area contributed by atoms with Gasteiger partial charge in [0.15, 0.2) is 0 Å². The summed E-state index contributed by atoms with van der Waals surface area (Å²) in [5.41, 5.74) is 1.04. The zero-order valence-corrected chi connectivity index (χ0v) is 19.0. The molecule has 0 aliphatic rings. The van der Waals surface area contributed by atoms with Crippen LogP contribution in [0.3, 0.4) is 0 Å². The highest BCUT2D eigenvalue weighted by atomic mass is 16.4. The molecule has 0 fully saturated rings. The number of benzene rings is 2. The number of hydrogen-bond acceptors (Lipinski definition) is 6. The van der Waals surface area contributed by atoms with E-state index in [1.807, 2.05) is 55.5 Å². The summed E-state index contributed by atoms with van der Waals surface area (Å²) in [6.07, 6.45) is 1.59. The zero-order chi connectivity index (χ0) is 24.0. The maximum atomic E-state index is 12.9. The second kappa shape index (κ2) is 10.4. The van der Waals surface area contributed by atoms with E-state index in [1.54, 1.807) is 13.8 Å². The van der Waals surface area contributed by atoms with Gasteiger partial charge in [-0.05, 0) is 28.3 Å². The summed E-state index contributed by atoms with van der Waals surface area (Å²) in [4.78, 5) is 26.0. The van der Waals surface area contributed by atoms with Gasteiger partial charge >= 0.3 is 5.97 Å². The van der Waals surface area contributed by atoms with Crippen LogP contribution in [-0.4, -0.2) is 53.3 Å². The molecule has 1 heterocycles. The lowest BCUT2D eigenvalue weighted by molar-refractivity contribution is -0.200. The molecule has 9 heteroatoms. The number of rotatable bonds is 10. The highest BCUT2D eigenvalue weighted by Crippen LogP contribution is 2.31. The standard InChI is InChI=1S/C24H29N5O4/c1-4-5-10-21(30)29(24(33,16(2)3)23(31)32)15-17-11-13-18(14-12-17)19-8-6-7-9-20(19)22-25-27-28-26-22/h6-9,11-14,16,33H,4-5,10,15H2,1-3H3,(H,31,32)(H,25,26,27,28)/t24-/m0/s1. The number of carboxylic acid groups (broad SMARTS) is 1. The van der Waals surface area contributed by atoms with E-state index in [4.69, 9.17) is 0 Å². The van der Waals surface area contributed by atoms with Crippen LogP contribution in [0.5, 0.6) is 0 Å². The summed E-state index contributed by atoms with van der Waals surface area (Å²) in [5, 5.41) is 35.0. The quantitative estimate of drug-likeness (QED) is 0.402. The first-order valence-electron chi connectivity index (χ1n) is 11.0. The van der Waals surface area contributed by atoms with E-state index in [0.717, 1.165) is 28.0 Å². The molecule has 3 aromatic rings. The van der Waals surface area contributed by atoms with E-state index >= 15 is 0 Å². The predicted molar refractivity (Wildman–Crippen MR) is 123 cm³/mol. The summed E-state index contributed by atoms with van der Waals surface area (Å²) >= 11 is 0. The van der Waals surface area contributed by atoms with E-state index < -0.39 is 17.6 Å². The van der Waals surface area contributed by atoms with Crippen molar-refractivity contribution in [2.24, 2.45) is 5.92 Å². The van der Waals surface area contributed by atoms with Crippen LogP contribution in [-0.2, 0) is 16.1 Å². The molecule has 0 aliphatic carbocycles. The SMILES string of the molecule is CCCCC(=O)N(Cc1ccc(-c2ccccc2-c2nn[nH]n2)cc1)[C@@](O)(C(=O)O)C(C)C. The Hall–Kier alpha value is -3.59. The summed E-state index contributed by atoms with van der Waals surface area (Å²) in [7, 11) is 0. The number of unbranched alkanes of at least 4 members (excludes halogenated alkanes) is 1. The van der Waals surface area contributed by atoms with Crippen molar-refractivity contribution in [1.82, 2.24) is 25.5 Å². The minimum atomic E-state index is -2.30. The molecular weight excluding hydrogens is 422 g/mol. The number of aliphatic hydroxyl groups is 1. The number of H-pyrrole nitrogens is 1. The summed E-state index contributed by atoms with van der Waals surface area (Å²) in [6.45, 7) is 5.11. The van der Waals surface area contributed by atoms with Crippen molar-refractivity contribution in [2.75, 3.05) is 0 Å². The van der Waals surface area contributed by atoms with Crippen LogP contribution in [0.2, 0.25) is 0 Å². The van der Waals surface area contributed by atoms with Gasteiger partial charge in [0.05, 0.1) is 0 Å². The van der Waals surface area contributed by atoms with Gasteiger partial charge in [-0.25, -0.2) is 4.79 Å².